The highest BCUT2D eigenvalue weighted by Gasteiger charge is 2.55. The van der Waals surface area contributed by atoms with Gasteiger partial charge in [-0.05, 0) is 12.8 Å². The van der Waals surface area contributed by atoms with Crippen LogP contribution in [-0.4, -0.2) is 54.8 Å². The van der Waals surface area contributed by atoms with Crippen LogP contribution in [0.4, 0.5) is 0 Å². The molecule has 130 valence electrons. The lowest BCUT2D eigenvalue weighted by molar-refractivity contribution is -0.155. The molecular weight excluding hydrogens is 346 g/mol. The Bertz CT molecular complexity index is 956. The topological polar surface area (TPSA) is 112 Å². The number of hydrogen-bond donors (Lipinski definition) is 2. The maximum Gasteiger partial charge on any atom is 0.352 e. The third-order valence-electron chi connectivity index (χ3n) is 4.84. The minimum atomic E-state index is -1.15. The van der Waals surface area contributed by atoms with Gasteiger partial charge in [-0.2, -0.15) is 0 Å². The molecule has 2 aliphatic heterocycles. The standard InChI is InChI=1S/C16H15N3O5S/c1-7(21)12-15-18(6-17-12)11(5-25-15)9-4-10-8(2-3-20)14(22)19(10)13(9)16(23)24/h5-6,8,10,20H,2-4H2,1H3,(H,23,24)/t8-,10+/m0/s1. The predicted octanol–water partition coefficient (Wildman–Crippen LogP) is 1.01. The van der Waals surface area contributed by atoms with E-state index in [0.29, 0.717) is 34.6 Å². The van der Waals surface area contributed by atoms with Crippen LogP contribution in [0, 0.1) is 5.92 Å². The van der Waals surface area contributed by atoms with Gasteiger partial charge in [-0.25, -0.2) is 9.78 Å². The maximum absolute atomic E-state index is 12.3. The third-order valence-corrected chi connectivity index (χ3v) is 5.80. The van der Waals surface area contributed by atoms with E-state index < -0.39 is 5.97 Å². The third kappa shape index (κ3) is 2.09. The van der Waals surface area contributed by atoms with E-state index in [4.69, 9.17) is 5.11 Å². The number of imidazole rings is 1. The van der Waals surface area contributed by atoms with Crippen molar-refractivity contribution in [1.29, 1.82) is 0 Å². The zero-order chi connectivity index (χ0) is 17.9. The minimum Gasteiger partial charge on any atom is -0.477 e. The van der Waals surface area contributed by atoms with Gasteiger partial charge in [0.25, 0.3) is 0 Å². The van der Waals surface area contributed by atoms with Crippen molar-refractivity contribution in [3.8, 4) is 0 Å². The number of β-lactam (4-membered cyclic amide) rings is 1. The van der Waals surface area contributed by atoms with Crippen LogP contribution in [0.3, 0.4) is 0 Å². The minimum absolute atomic E-state index is 0.0121. The predicted molar refractivity (Wildman–Crippen MR) is 88.1 cm³/mol. The molecule has 4 rings (SSSR count). The second-order valence-corrected chi connectivity index (χ2v) is 7.03. The molecule has 25 heavy (non-hydrogen) atoms. The molecule has 2 aliphatic rings. The molecule has 0 spiro atoms. The average Bonchev–Trinajstić information content (AvgIpc) is 3.23. The van der Waals surface area contributed by atoms with E-state index in [9.17, 15) is 19.5 Å². The number of aliphatic carboxylic acids is 1. The fourth-order valence-corrected chi connectivity index (χ4v) is 4.77. The van der Waals surface area contributed by atoms with Crippen molar-refractivity contribution in [3.05, 3.63) is 28.8 Å². The summed E-state index contributed by atoms with van der Waals surface area (Å²) in [6.07, 6.45) is 2.25. The molecular formula is C16H15N3O5S. The fourth-order valence-electron chi connectivity index (χ4n) is 3.73. The molecule has 0 bridgehead atoms. The lowest BCUT2D eigenvalue weighted by Gasteiger charge is -2.43. The highest BCUT2D eigenvalue weighted by atomic mass is 32.1. The number of aliphatic hydroxyl groups is 1. The molecule has 2 atom stereocenters. The number of Topliss-reactive ketones (excluding diaryl/α,β-unsaturated/α-hetero) is 1. The molecule has 1 amide bonds. The van der Waals surface area contributed by atoms with E-state index in [0.717, 1.165) is 0 Å². The molecule has 2 N–H and O–H groups in total. The number of thiazole rings is 1. The summed E-state index contributed by atoms with van der Waals surface area (Å²) in [7, 11) is 0. The van der Waals surface area contributed by atoms with Crippen LogP contribution < -0.4 is 0 Å². The normalized spacial score (nSPS) is 22.5. The lowest BCUT2D eigenvalue weighted by atomic mass is 9.84. The quantitative estimate of drug-likeness (QED) is 0.607. The van der Waals surface area contributed by atoms with Gasteiger partial charge in [-0.15, -0.1) is 11.3 Å². The van der Waals surface area contributed by atoms with Gasteiger partial charge in [0.2, 0.25) is 5.91 Å². The largest absolute Gasteiger partial charge is 0.477 e. The summed E-state index contributed by atoms with van der Waals surface area (Å²) in [5, 5.41) is 20.5. The van der Waals surface area contributed by atoms with E-state index >= 15 is 0 Å². The van der Waals surface area contributed by atoms with Gasteiger partial charge in [-0.1, -0.05) is 0 Å². The van der Waals surface area contributed by atoms with Crippen LogP contribution >= 0.6 is 11.3 Å². The van der Waals surface area contributed by atoms with Gasteiger partial charge in [0, 0.05) is 24.5 Å². The summed E-state index contributed by atoms with van der Waals surface area (Å²) in [4.78, 5) is 41.8. The highest BCUT2D eigenvalue weighted by Crippen LogP contribution is 2.47. The number of amides is 1. The monoisotopic (exact) mass is 361 g/mol. The summed E-state index contributed by atoms with van der Waals surface area (Å²) in [5.74, 6) is -1.91. The Morgan fingerprint density at radius 3 is 2.84 bits per heavy atom. The number of carboxylic acid groups (broad SMARTS) is 1. The van der Waals surface area contributed by atoms with E-state index in [1.807, 2.05) is 0 Å². The first-order chi connectivity index (χ1) is 12.0. The Morgan fingerprint density at radius 1 is 1.44 bits per heavy atom. The summed E-state index contributed by atoms with van der Waals surface area (Å²) >= 11 is 1.32. The van der Waals surface area contributed by atoms with Crippen molar-refractivity contribution in [1.82, 2.24) is 14.3 Å². The first kappa shape index (κ1) is 16.0. The Hall–Kier alpha value is -2.52. The molecule has 8 nitrogen and oxygen atoms in total. The first-order valence-electron chi connectivity index (χ1n) is 7.82. The number of carbonyl (C=O) groups is 3. The molecule has 1 saturated heterocycles. The van der Waals surface area contributed by atoms with Crippen molar-refractivity contribution in [2.45, 2.75) is 25.8 Å². The lowest BCUT2D eigenvalue weighted by Crippen LogP contribution is -2.58. The number of carboxylic acids is 1. The van der Waals surface area contributed by atoms with Crippen molar-refractivity contribution < 1.29 is 24.6 Å². The second-order valence-electron chi connectivity index (χ2n) is 6.18. The molecule has 2 aromatic rings. The first-order valence-corrected chi connectivity index (χ1v) is 8.70. The van der Waals surface area contributed by atoms with E-state index in [-0.39, 0.29) is 36.0 Å². The number of ketones is 1. The molecule has 9 heteroatoms. The van der Waals surface area contributed by atoms with Crippen molar-refractivity contribution >= 4 is 39.4 Å². The SMILES string of the molecule is CC(=O)c1ncn2c(C3=C(C(=O)O)N4C(=O)[C@@H](CCO)[C@H]4C3)csc12. The number of aliphatic hydroxyl groups excluding tert-OH is 1. The Kier molecular flexibility index (Phi) is 3.51. The molecule has 1 fully saturated rings. The fraction of sp³-hybridized carbons (Fsp3) is 0.375. The summed E-state index contributed by atoms with van der Waals surface area (Å²) in [6, 6.07) is -0.230. The van der Waals surface area contributed by atoms with Crippen LogP contribution in [0.1, 0.15) is 35.9 Å². The van der Waals surface area contributed by atoms with Crippen molar-refractivity contribution in [3.63, 3.8) is 0 Å². The summed E-state index contributed by atoms with van der Waals surface area (Å²) in [6.45, 7) is 1.33. The number of hydrogen-bond acceptors (Lipinski definition) is 6. The molecule has 0 aliphatic carbocycles. The van der Waals surface area contributed by atoms with E-state index in [2.05, 4.69) is 4.98 Å². The van der Waals surface area contributed by atoms with Gasteiger partial charge in [0.1, 0.15) is 22.5 Å². The van der Waals surface area contributed by atoms with Crippen molar-refractivity contribution in [2.75, 3.05) is 6.61 Å². The summed E-state index contributed by atoms with van der Waals surface area (Å²) < 4.78 is 1.71. The number of fused-ring (bicyclic) bond motifs is 2. The highest BCUT2D eigenvalue weighted by molar-refractivity contribution is 7.16. The maximum atomic E-state index is 12.3. The zero-order valence-corrected chi connectivity index (χ0v) is 14.1. The van der Waals surface area contributed by atoms with Crippen molar-refractivity contribution in [2.24, 2.45) is 5.92 Å². The van der Waals surface area contributed by atoms with Gasteiger partial charge in [0.15, 0.2) is 5.78 Å². The molecule has 0 aromatic carbocycles. The smallest absolute Gasteiger partial charge is 0.352 e. The van der Waals surface area contributed by atoms with Crippen LogP contribution in [0.5, 0.6) is 0 Å². The van der Waals surface area contributed by atoms with Gasteiger partial charge in [-0.3, -0.25) is 14.0 Å². The molecule has 0 radical (unpaired) electrons. The van der Waals surface area contributed by atoms with Crippen LogP contribution in [0.2, 0.25) is 0 Å². The number of carbonyl (C=O) groups excluding carboxylic acids is 2. The van der Waals surface area contributed by atoms with E-state index in [1.54, 1.807) is 9.78 Å². The second kappa shape index (κ2) is 5.50. The number of rotatable bonds is 5. The Morgan fingerprint density at radius 2 is 2.20 bits per heavy atom. The molecule has 2 aromatic heterocycles. The van der Waals surface area contributed by atoms with Crippen LogP contribution in [0.25, 0.3) is 10.4 Å². The molecule has 0 unspecified atom stereocenters. The van der Waals surface area contributed by atoms with Gasteiger partial charge >= 0.3 is 5.97 Å². The van der Waals surface area contributed by atoms with Gasteiger partial charge < -0.3 is 15.1 Å². The number of aromatic nitrogens is 2. The van der Waals surface area contributed by atoms with Crippen LogP contribution in [0.15, 0.2) is 17.4 Å². The molecule has 0 saturated carbocycles. The van der Waals surface area contributed by atoms with Crippen LogP contribution in [-0.2, 0) is 9.59 Å². The number of nitrogens with zero attached hydrogens (tertiary/aromatic N) is 3. The Labute approximate surface area is 146 Å². The Balaban J connectivity index is 1.81. The summed E-state index contributed by atoms with van der Waals surface area (Å²) in [5.41, 5.74) is 1.54. The van der Waals surface area contributed by atoms with E-state index in [1.165, 1.54) is 29.5 Å². The molecule has 4 heterocycles. The average molecular weight is 361 g/mol. The van der Waals surface area contributed by atoms with Gasteiger partial charge in [0.05, 0.1) is 17.7 Å². The zero-order valence-electron chi connectivity index (χ0n) is 13.3.